The molecule has 1 N–H and O–H groups in total. The Bertz CT molecular complexity index is 888. The minimum absolute atomic E-state index is 0.0341. The third-order valence-corrected chi connectivity index (χ3v) is 6.58. The van der Waals surface area contributed by atoms with E-state index in [0.29, 0.717) is 19.4 Å². The van der Waals surface area contributed by atoms with Crippen molar-refractivity contribution >= 4 is 15.9 Å². The first-order valence-electron chi connectivity index (χ1n) is 8.85. The van der Waals surface area contributed by atoms with E-state index in [1.807, 2.05) is 19.1 Å². The maximum Gasteiger partial charge on any atom is 0.243 e. The summed E-state index contributed by atoms with van der Waals surface area (Å²) in [5.74, 6) is -1.11. The van der Waals surface area contributed by atoms with Crippen molar-refractivity contribution in [2.24, 2.45) is 5.92 Å². The molecule has 1 aliphatic heterocycles. The minimum Gasteiger partial charge on any atom is -0.348 e. The molecule has 0 unspecified atom stereocenters. The first-order chi connectivity index (χ1) is 12.9. The van der Waals surface area contributed by atoms with Crippen molar-refractivity contribution in [2.45, 2.75) is 30.7 Å². The number of aromatic nitrogens is 1. The lowest BCUT2D eigenvalue weighted by atomic mass is 9.98. The second-order valence-corrected chi connectivity index (χ2v) is 8.58. The van der Waals surface area contributed by atoms with Crippen LogP contribution < -0.4 is 5.32 Å². The molecule has 0 saturated carbocycles. The molecule has 6 nitrogen and oxygen atoms in total. The highest BCUT2D eigenvalue weighted by Crippen LogP contribution is 2.24. The fraction of sp³-hybridized carbons (Fsp3) is 0.368. The number of halogens is 1. The lowest BCUT2D eigenvalue weighted by Gasteiger charge is -2.31. The number of pyridine rings is 1. The first-order valence-corrected chi connectivity index (χ1v) is 10.3. The van der Waals surface area contributed by atoms with Gasteiger partial charge >= 0.3 is 0 Å². The Labute approximate surface area is 158 Å². The average Bonchev–Trinajstić information content (AvgIpc) is 2.69. The van der Waals surface area contributed by atoms with Crippen molar-refractivity contribution in [3.8, 4) is 0 Å². The van der Waals surface area contributed by atoms with Crippen LogP contribution in [0.5, 0.6) is 0 Å². The highest BCUT2D eigenvalue weighted by atomic mass is 32.2. The summed E-state index contributed by atoms with van der Waals surface area (Å²) in [5.41, 5.74) is 0.748. The largest absolute Gasteiger partial charge is 0.348 e. The topological polar surface area (TPSA) is 79.4 Å². The molecule has 27 heavy (non-hydrogen) atoms. The second-order valence-electron chi connectivity index (χ2n) is 6.64. The molecule has 1 aromatic heterocycles. The summed E-state index contributed by atoms with van der Waals surface area (Å²) in [5, 5.41) is 2.91. The van der Waals surface area contributed by atoms with E-state index in [4.69, 9.17) is 0 Å². The van der Waals surface area contributed by atoms with E-state index in [2.05, 4.69) is 10.3 Å². The molecule has 1 fully saturated rings. The van der Waals surface area contributed by atoms with Gasteiger partial charge < -0.3 is 5.32 Å². The van der Waals surface area contributed by atoms with Crippen molar-refractivity contribution in [2.75, 3.05) is 13.1 Å². The number of hydrogen-bond donors (Lipinski definition) is 1. The lowest BCUT2D eigenvalue weighted by Crippen LogP contribution is -2.45. The van der Waals surface area contributed by atoms with Crippen LogP contribution in [0.25, 0.3) is 0 Å². The van der Waals surface area contributed by atoms with Crippen LogP contribution in [0.4, 0.5) is 4.39 Å². The SMILES string of the molecule is C[C@H](NC(=O)[C@H]1CCCN(S(=O)(=O)c2ccc(F)cc2)C1)c1ccccn1. The standard InChI is InChI=1S/C19H22FN3O3S/c1-14(18-6-2-3-11-21-18)22-19(24)15-5-4-12-23(13-15)27(25,26)17-9-7-16(20)8-10-17/h2-3,6-11,14-15H,4-5,12-13H2,1H3,(H,22,24)/t14-,15-/m0/s1. The van der Waals surface area contributed by atoms with Gasteiger partial charge in [-0.05, 0) is 56.2 Å². The first kappa shape index (κ1) is 19.4. The van der Waals surface area contributed by atoms with E-state index < -0.39 is 21.8 Å². The summed E-state index contributed by atoms with van der Waals surface area (Å²) in [6.45, 7) is 2.30. The van der Waals surface area contributed by atoms with Crippen molar-refractivity contribution in [3.63, 3.8) is 0 Å². The lowest BCUT2D eigenvalue weighted by molar-refractivity contribution is -0.126. The van der Waals surface area contributed by atoms with Crippen LogP contribution in [0, 0.1) is 11.7 Å². The van der Waals surface area contributed by atoms with Gasteiger partial charge in [0.15, 0.2) is 0 Å². The Kier molecular flexibility index (Phi) is 5.86. The van der Waals surface area contributed by atoms with E-state index in [0.717, 1.165) is 17.8 Å². The third-order valence-electron chi connectivity index (χ3n) is 4.70. The van der Waals surface area contributed by atoms with Crippen LogP contribution in [0.3, 0.4) is 0 Å². The molecule has 2 aromatic rings. The van der Waals surface area contributed by atoms with Crippen LogP contribution >= 0.6 is 0 Å². The van der Waals surface area contributed by atoms with Gasteiger partial charge in [0.1, 0.15) is 5.82 Å². The maximum atomic E-state index is 13.1. The number of rotatable bonds is 5. The van der Waals surface area contributed by atoms with E-state index >= 15 is 0 Å². The number of sulfonamides is 1. The predicted molar refractivity (Wildman–Crippen MR) is 98.7 cm³/mol. The van der Waals surface area contributed by atoms with E-state index in [9.17, 15) is 17.6 Å². The molecule has 2 heterocycles. The van der Waals surface area contributed by atoms with Crippen molar-refractivity contribution in [1.29, 1.82) is 0 Å². The fourth-order valence-corrected chi connectivity index (χ4v) is 4.69. The zero-order valence-corrected chi connectivity index (χ0v) is 15.8. The summed E-state index contributed by atoms with van der Waals surface area (Å²) in [7, 11) is -3.75. The zero-order valence-electron chi connectivity index (χ0n) is 15.0. The average molecular weight is 391 g/mol. The van der Waals surface area contributed by atoms with Gasteiger partial charge in [0.2, 0.25) is 15.9 Å². The van der Waals surface area contributed by atoms with E-state index in [1.165, 1.54) is 16.4 Å². The van der Waals surface area contributed by atoms with Gasteiger partial charge in [-0.2, -0.15) is 4.31 Å². The molecule has 0 spiro atoms. The van der Waals surface area contributed by atoms with Gasteiger partial charge in [-0.3, -0.25) is 9.78 Å². The zero-order chi connectivity index (χ0) is 19.4. The summed E-state index contributed by atoms with van der Waals surface area (Å²) in [6.07, 6.45) is 2.88. The van der Waals surface area contributed by atoms with Crippen LogP contribution in [0.1, 0.15) is 31.5 Å². The Morgan fingerprint density at radius 1 is 1.26 bits per heavy atom. The van der Waals surface area contributed by atoms with Gasteiger partial charge in [-0.25, -0.2) is 12.8 Å². The molecule has 2 atom stereocenters. The van der Waals surface area contributed by atoms with Gasteiger partial charge in [-0.1, -0.05) is 6.07 Å². The highest BCUT2D eigenvalue weighted by Gasteiger charge is 2.33. The number of carbonyl (C=O) groups is 1. The summed E-state index contributed by atoms with van der Waals surface area (Å²) in [6, 6.07) is 9.96. The summed E-state index contributed by atoms with van der Waals surface area (Å²) in [4.78, 5) is 16.9. The number of carbonyl (C=O) groups excluding carboxylic acids is 1. The molecule has 0 bridgehead atoms. The number of hydrogen-bond acceptors (Lipinski definition) is 4. The number of amides is 1. The smallest absolute Gasteiger partial charge is 0.243 e. The number of nitrogens with zero attached hydrogens (tertiary/aromatic N) is 2. The molecular weight excluding hydrogens is 369 g/mol. The molecular formula is C19H22FN3O3S. The number of piperidine rings is 1. The minimum atomic E-state index is -3.75. The van der Waals surface area contributed by atoms with Crippen LogP contribution in [-0.4, -0.2) is 36.7 Å². The molecule has 8 heteroatoms. The Morgan fingerprint density at radius 3 is 2.67 bits per heavy atom. The summed E-state index contributed by atoms with van der Waals surface area (Å²) < 4.78 is 39.9. The van der Waals surface area contributed by atoms with Crippen molar-refractivity contribution in [3.05, 3.63) is 60.2 Å². The van der Waals surface area contributed by atoms with Crippen LogP contribution in [0.15, 0.2) is 53.6 Å². The molecule has 1 aliphatic rings. The molecule has 3 rings (SSSR count). The molecule has 144 valence electrons. The number of nitrogens with one attached hydrogen (secondary N) is 1. The molecule has 0 radical (unpaired) electrons. The third kappa shape index (κ3) is 4.51. The quantitative estimate of drug-likeness (QED) is 0.849. The second kappa shape index (κ2) is 8.14. The van der Waals surface area contributed by atoms with Gasteiger partial charge in [-0.15, -0.1) is 0 Å². The van der Waals surface area contributed by atoms with E-state index in [-0.39, 0.29) is 23.4 Å². The fourth-order valence-electron chi connectivity index (χ4n) is 3.17. The van der Waals surface area contributed by atoms with Crippen molar-refractivity contribution < 1.29 is 17.6 Å². The Morgan fingerprint density at radius 2 is 2.00 bits per heavy atom. The van der Waals surface area contributed by atoms with Gasteiger partial charge in [0.25, 0.3) is 0 Å². The van der Waals surface area contributed by atoms with Crippen LogP contribution in [0.2, 0.25) is 0 Å². The monoisotopic (exact) mass is 391 g/mol. The Hall–Kier alpha value is -2.32. The van der Waals surface area contributed by atoms with Crippen LogP contribution in [-0.2, 0) is 14.8 Å². The predicted octanol–water partition coefficient (Wildman–Crippen LogP) is 2.50. The maximum absolute atomic E-state index is 13.1. The number of benzene rings is 1. The van der Waals surface area contributed by atoms with Crippen molar-refractivity contribution in [1.82, 2.24) is 14.6 Å². The molecule has 1 aromatic carbocycles. The van der Waals surface area contributed by atoms with E-state index in [1.54, 1.807) is 12.3 Å². The molecule has 1 amide bonds. The molecule has 0 aliphatic carbocycles. The normalized spacial score (nSPS) is 19.4. The Balaban J connectivity index is 1.68. The van der Waals surface area contributed by atoms with Gasteiger partial charge in [0.05, 0.1) is 22.5 Å². The molecule has 1 saturated heterocycles. The van der Waals surface area contributed by atoms with Gasteiger partial charge in [0, 0.05) is 19.3 Å². The highest BCUT2D eigenvalue weighted by molar-refractivity contribution is 7.89. The summed E-state index contributed by atoms with van der Waals surface area (Å²) >= 11 is 0.